The van der Waals surface area contributed by atoms with Crippen molar-refractivity contribution >= 4 is 40.8 Å². The molecule has 2 heterocycles. The largest absolute Gasteiger partial charge is 0.264 e. The van der Waals surface area contributed by atoms with Crippen LogP contribution in [0.15, 0.2) is 70.9 Å². The average molecular weight is 389 g/mol. The molecule has 7 heteroatoms. The molecular weight excluding hydrogens is 375 g/mol. The van der Waals surface area contributed by atoms with E-state index in [-0.39, 0.29) is 0 Å². The van der Waals surface area contributed by atoms with E-state index >= 15 is 0 Å². The number of halogens is 2. The molecule has 0 atom stereocenters. The van der Waals surface area contributed by atoms with Crippen LogP contribution in [0.3, 0.4) is 0 Å². The van der Waals surface area contributed by atoms with E-state index in [1.54, 1.807) is 35.4 Å². The van der Waals surface area contributed by atoms with E-state index in [9.17, 15) is 0 Å². The fraction of sp³-hybridized carbons (Fsp3) is 0.0556. The molecule has 0 amide bonds. The monoisotopic (exact) mass is 388 g/mol. The second-order valence-corrected chi connectivity index (χ2v) is 6.66. The summed E-state index contributed by atoms with van der Waals surface area (Å²) in [6.45, 7) is 4.23. The molecule has 0 saturated carbocycles. The molecule has 0 unspecified atom stereocenters. The Hall–Kier alpha value is -2.21. The summed E-state index contributed by atoms with van der Waals surface area (Å²) in [4.78, 5) is 9.35. The van der Waals surface area contributed by atoms with Crippen molar-refractivity contribution < 1.29 is 0 Å². The summed E-state index contributed by atoms with van der Waals surface area (Å²) in [5.41, 5.74) is 2.69. The summed E-state index contributed by atoms with van der Waals surface area (Å²) in [5.74, 6) is 0. The van der Waals surface area contributed by atoms with E-state index in [2.05, 4.69) is 21.7 Å². The lowest BCUT2D eigenvalue weighted by molar-refractivity contribution is 0.840. The maximum absolute atomic E-state index is 6.16. The minimum atomic E-state index is 0.498. The van der Waals surface area contributed by atoms with Crippen molar-refractivity contribution in [2.24, 2.45) is 10.1 Å². The van der Waals surface area contributed by atoms with Crippen LogP contribution in [0.4, 0.5) is 0 Å². The van der Waals surface area contributed by atoms with E-state index in [1.807, 2.05) is 29.6 Å². The van der Waals surface area contributed by atoms with Gasteiger partial charge in [0.05, 0.1) is 28.5 Å². The fourth-order valence-electron chi connectivity index (χ4n) is 2.09. The molecule has 0 aliphatic heterocycles. The van der Waals surface area contributed by atoms with Gasteiger partial charge in [0.2, 0.25) is 4.80 Å². The molecule has 126 valence electrons. The Morgan fingerprint density at radius 1 is 1.24 bits per heavy atom. The lowest BCUT2D eigenvalue weighted by Crippen LogP contribution is -2.12. The molecule has 0 spiro atoms. The maximum Gasteiger partial charge on any atom is 0.206 e. The van der Waals surface area contributed by atoms with Crippen LogP contribution in [0.5, 0.6) is 0 Å². The Kier molecular flexibility index (Phi) is 5.81. The van der Waals surface area contributed by atoms with E-state index in [1.165, 1.54) is 11.3 Å². The zero-order chi connectivity index (χ0) is 17.6. The summed E-state index contributed by atoms with van der Waals surface area (Å²) in [6, 6.07) is 9.29. The normalized spacial score (nSPS) is 12.0. The molecule has 0 aliphatic carbocycles. The number of thiazole rings is 1. The van der Waals surface area contributed by atoms with Crippen LogP contribution in [-0.2, 0) is 0 Å². The third-order valence-corrected chi connectivity index (χ3v) is 4.86. The van der Waals surface area contributed by atoms with Crippen molar-refractivity contribution in [3.63, 3.8) is 0 Å². The average Bonchev–Trinajstić information content (AvgIpc) is 3.04. The number of aromatic nitrogens is 2. The van der Waals surface area contributed by atoms with Gasteiger partial charge in [-0.25, -0.2) is 4.68 Å². The minimum absolute atomic E-state index is 0.498. The number of hydrogen-bond acceptors (Lipinski definition) is 4. The predicted octanol–water partition coefficient (Wildman–Crippen LogP) is 4.89. The van der Waals surface area contributed by atoms with Gasteiger partial charge in [-0.2, -0.15) is 5.10 Å². The molecule has 25 heavy (non-hydrogen) atoms. The predicted molar refractivity (Wildman–Crippen MR) is 106 cm³/mol. The SMILES string of the molecule is C=CCN=c1scc(-c2ccc(Cl)c(Cl)c2)n1N=Cc1cccnc1. The van der Waals surface area contributed by atoms with Gasteiger partial charge in [-0.3, -0.25) is 9.98 Å². The van der Waals surface area contributed by atoms with Gasteiger partial charge in [0.25, 0.3) is 0 Å². The van der Waals surface area contributed by atoms with Crippen LogP contribution in [-0.4, -0.2) is 22.4 Å². The zero-order valence-corrected chi connectivity index (χ0v) is 15.5. The number of nitrogens with zero attached hydrogens (tertiary/aromatic N) is 4. The Bertz CT molecular complexity index is 974. The van der Waals surface area contributed by atoms with Crippen molar-refractivity contribution in [2.45, 2.75) is 0 Å². The summed E-state index contributed by atoms with van der Waals surface area (Å²) in [6.07, 6.45) is 6.96. The molecule has 4 nitrogen and oxygen atoms in total. The molecule has 0 saturated heterocycles. The Morgan fingerprint density at radius 2 is 2.12 bits per heavy atom. The van der Waals surface area contributed by atoms with Gasteiger partial charge in [0.1, 0.15) is 0 Å². The van der Waals surface area contributed by atoms with Crippen LogP contribution in [0, 0.1) is 0 Å². The zero-order valence-electron chi connectivity index (χ0n) is 13.1. The topological polar surface area (TPSA) is 42.5 Å². The van der Waals surface area contributed by atoms with E-state index in [0.717, 1.165) is 21.6 Å². The second-order valence-electron chi connectivity index (χ2n) is 5.00. The number of benzene rings is 1. The molecule has 1 aromatic carbocycles. The molecule has 0 radical (unpaired) electrons. The van der Waals surface area contributed by atoms with Gasteiger partial charge < -0.3 is 0 Å². The van der Waals surface area contributed by atoms with Crippen LogP contribution >= 0.6 is 34.5 Å². The fourth-order valence-corrected chi connectivity index (χ4v) is 3.24. The minimum Gasteiger partial charge on any atom is -0.264 e. The highest BCUT2D eigenvalue weighted by atomic mass is 35.5. The number of rotatable bonds is 5. The standard InChI is InChI=1S/C18H14Cl2N4S/c1-2-7-22-18-24(23-11-13-4-3-8-21-10-13)17(12-25-18)14-5-6-15(19)16(20)9-14/h2-6,8-12H,1,7H2. The highest BCUT2D eigenvalue weighted by Crippen LogP contribution is 2.28. The van der Waals surface area contributed by atoms with Crippen molar-refractivity contribution in [3.05, 3.63) is 81.2 Å². The molecule has 3 aromatic rings. The van der Waals surface area contributed by atoms with Gasteiger partial charge >= 0.3 is 0 Å². The van der Waals surface area contributed by atoms with Gasteiger partial charge in [-0.15, -0.1) is 17.9 Å². The Balaban J connectivity index is 2.09. The summed E-state index contributed by atoms with van der Waals surface area (Å²) in [5, 5.41) is 7.58. The van der Waals surface area contributed by atoms with Gasteiger partial charge in [0, 0.05) is 28.9 Å². The van der Waals surface area contributed by atoms with E-state index in [4.69, 9.17) is 23.2 Å². The lowest BCUT2D eigenvalue weighted by atomic mass is 10.2. The highest BCUT2D eigenvalue weighted by Gasteiger charge is 2.09. The van der Waals surface area contributed by atoms with Crippen LogP contribution in [0.1, 0.15) is 5.56 Å². The van der Waals surface area contributed by atoms with Crippen molar-refractivity contribution in [3.8, 4) is 11.3 Å². The third-order valence-electron chi connectivity index (χ3n) is 3.26. The number of hydrogen-bond donors (Lipinski definition) is 0. The molecule has 2 aromatic heterocycles. The van der Waals surface area contributed by atoms with Crippen LogP contribution in [0.2, 0.25) is 10.0 Å². The molecular formula is C18H14Cl2N4S. The summed E-state index contributed by atoms with van der Waals surface area (Å²) in [7, 11) is 0. The molecule has 0 aliphatic rings. The first-order valence-corrected chi connectivity index (χ1v) is 9.04. The maximum atomic E-state index is 6.16. The van der Waals surface area contributed by atoms with Crippen molar-refractivity contribution in [2.75, 3.05) is 6.54 Å². The van der Waals surface area contributed by atoms with Crippen molar-refractivity contribution in [1.82, 2.24) is 9.66 Å². The molecule has 0 N–H and O–H groups in total. The highest BCUT2D eigenvalue weighted by molar-refractivity contribution is 7.07. The Labute approximate surface area is 159 Å². The Morgan fingerprint density at radius 3 is 2.84 bits per heavy atom. The van der Waals surface area contributed by atoms with Gasteiger partial charge in [-0.1, -0.05) is 41.4 Å². The van der Waals surface area contributed by atoms with E-state index in [0.29, 0.717) is 16.6 Å². The van der Waals surface area contributed by atoms with E-state index < -0.39 is 0 Å². The smallest absolute Gasteiger partial charge is 0.206 e. The van der Waals surface area contributed by atoms with Crippen LogP contribution in [0.25, 0.3) is 11.3 Å². The first-order valence-electron chi connectivity index (χ1n) is 7.41. The summed E-state index contributed by atoms with van der Waals surface area (Å²) < 4.78 is 1.78. The second kappa shape index (κ2) is 8.25. The first-order chi connectivity index (χ1) is 12.2. The van der Waals surface area contributed by atoms with Gasteiger partial charge in [-0.05, 0) is 18.2 Å². The van der Waals surface area contributed by atoms with Gasteiger partial charge in [0.15, 0.2) is 0 Å². The number of pyridine rings is 1. The summed E-state index contributed by atoms with van der Waals surface area (Å²) >= 11 is 13.7. The lowest BCUT2D eigenvalue weighted by Gasteiger charge is -2.05. The third kappa shape index (κ3) is 4.25. The molecule has 0 bridgehead atoms. The van der Waals surface area contributed by atoms with Crippen LogP contribution < -0.4 is 4.80 Å². The molecule has 0 fully saturated rings. The molecule has 3 rings (SSSR count). The van der Waals surface area contributed by atoms with Crippen molar-refractivity contribution in [1.29, 1.82) is 0 Å². The quantitative estimate of drug-likeness (QED) is 0.453. The first kappa shape index (κ1) is 17.6.